The zero-order valence-electron chi connectivity index (χ0n) is 12.1. The Morgan fingerprint density at radius 3 is 2.85 bits per heavy atom. The fourth-order valence-electron chi connectivity index (χ4n) is 3.39. The maximum atomic E-state index is 6.02. The van der Waals surface area contributed by atoms with Crippen molar-refractivity contribution >= 4 is 22.5 Å². The van der Waals surface area contributed by atoms with Gasteiger partial charge in [-0.15, -0.1) is 0 Å². The predicted molar refractivity (Wildman–Crippen MR) is 86.2 cm³/mol. The fourth-order valence-corrected chi connectivity index (χ4v) is 3.56. The molecular weight excluding hydrogens is 268 g/mol. The summed E-state index contributed by atoms with van der Waals surface area (Å²) in [5.74, 6) is 0. The van der Waals surface area contributed by atoms with Crippen LogP contribution in [0.3, 0.4) is 0 Å². The molecule has 0 unspecified atom stereocenters. The Labute approximate surface area is 125 Å². The van der Waals surface area contributed by atoms with E-state index in [2.05, 4.69) is 29.5 Å². The lowest BCUT2D eigenvalue weighted by molar-refractivity contribution is 0.207. The minimum Gasteiger partial charge on any atom is -0.361 e. The summed E-state index contributed by atoms with van der Waals surface area (Å²) < 4.78 is 0. The van der Waals surface area contributed by atoms with E-state index in [0.29, 0.717) is 5.41 Å². The van der Waals surface area contributed by atoms with E-state index < -0.39 is 0 Å². The number of nitrogens with one attached hydrogen (secondary N) is 2. The van der Waals surface area contributed by atoms with Gasteiger partial charge in [-0.1, -0.05) is 43.9 Å². The van der Waals surface area contributed by atoms with Gasteiger partial charge in [0.1, 0.15) is 0 Å². The summed E-state index contributed by atoms with van der Waals surface area (Å²) in [5, 5.41) is 5.71. The highest BCUT2D eigenvalue weighted by Gasteiger charge is 2.26. The van der Waals surface area contributed by atoms with E-state index >= 15 is 0 Å². The third kappa shape index (κ3) is 3.02. The molecule has 1 fully saturated rings. The van der Waals surface area contributed by atoms with E-state index in [9.17, 15) is 0 Å². The van der Waals surface area contributed by atoms with Crippen molar-refractivity contribution in [1.29, 1.82) is 0 Å². The SMILES string of the molecule is CC1(CNCc2c[nH]c3cc(Cl)ccc23)CCCCC1. The summed E-state index contributed by atoms with van der Waals surface area (Å²) in [7, 11) is 0. The first-order valence-corrected chi connectivity index (χ1v) is 8.00. The van der Waals surface area contributed by atoms with Crippen LogP contribution in [0.1, 0.15) is 44.6 Å². The first kappa shape index (κ1) is 14.0. The summed E-state index contributed by atoms with van der Waals surface area (Å²) >= 11 is 6.02. The molecule has 0 amide bonds. The van der Waals surface area contributed by atoms with Crippen molar-refractivity contribution in [1.82, 2.24) is 10.3 Å². The number of hydrogen-bond donors (Lipinski definition) is 2. The molecule has 1 aromatic heterocycles. The van der Waals surface area contributed by atoms with Crippen LogP contribution in [0.5, 0.6) is 0 Å². The number of hydrogen-bond acceptors (Lipinski definition) is 1. The van der Waals surface area contributed by atoms with Gasteiger partial charge >= 0.3 is 0 Å². The van der Waals surface area contributed by atoms with E-state index in [-0.39, 0.29) is 0 Å². The third-order valence-electron chi connectivity index (χ3n) is 4.66. The second kappa shape index (κ2) is 5.79. The lowest BCUT2D eigenvalue weighted by Crippen LogP contribution is -2.33. The van der Waals surface area contributed by atoms with Crippen molar-refractivity contribution in [2.75, 3.05) is 6.54 Å². The zero-order valence-corrected chi connectivity index (χ0v) is 12.9. The molecule has 1 heterocycles. The molecule has 3 heteroatoms. The van der Waals surface area contributed by atoms with Gasteiger partial charge in [0.15, 0.2) is 0 Å². The third-order valence-corrected chi connectivity index (χ3v) is 4.89. The molecule has 0 bridgehead atoms. The van der Waals surface area contributed by atoms with Gasteiger partial charge < -0.3 is 10.3 Å². The summed E-state index contributed by atoms with van der Waals surface area (Å²) in [5.41, 5.74) is 2.95. The Kier molecular flexibility index (Phi) is 4.04. The molecule has 1 aromatic carbocycles. The Balaban J connectivity index is 1.62. The number of fused-ring (bicyclic) bond motifs is 1. The molecule has 0 radical (unpaired) electrons. The fraction of sp³-hybridized carbons (Fsp3) is 0.529. The van der Waals surface area contributed by atoms with Crippen LogP contribution in [0.25, 0.3) is 10.9 Å². The van der Waals surface area contributed by atoms with Crippen LogP contribution in [0, 0.1) is 5.41 Å². The summed E-state index contributed by atoms with van der Waals surface area (Å²) in [6, 6.07) is 6.06. The Morgan fingerprint density at radius 1 is 1.25 bits per heavy atom. The lowest BCUT2D eigenvalue weighted by atomic mass is 9.76. The molecule has 2 nitrogen and oxygen atoms in total. The van der Waals surface area contributed by atoms with Crippen LogP contribution < -0.4 is 5.32 Å². The minimum absolute atomic E-state index is 0.494. The average Bonchev–Trinajstić information content (AvgIpc) is 2.82. The van der Waals surface area contributed by atoms with Crippen LogP contribution in [0.15, 0.2) is 24.4 Å². The maximum Gasteiger partial charge on any atom is 0.0472 e. The number of benzene rings is 1. The molecule has 3 rings (SSSR count). The molecule has 1 saturated carbocycles. The van der Waals surface area contributed by atoms with Crippen molar-refractivity contribution in [2.24, 2.45) is 5.41 Å². The zero-order chi connectivity index (χ0) is 14.0. The largest absolute Gasteiger partial charge is 0.361 e. The first-order valence-electron chi connectivity index (χ1n) is 7.63. The second-order valence-corrected chi connectivity index (χ2v) is 6.92. The quantitative estimate of drug-likeness (QED) is 0.825. The molecular formula is C17H23ClN2. The highest BCUT2D eigenvalue weighted by Crippen LogP contribution is 2.35. The van der Waals surface area contributed by atoms with Gasteiger partial charge in [0.05, 0.1) is 0 Å². The number of halogens is 1. The van der Waals surface area contributed by atoms with Gasteiger partial charge in [-0.25, -0.2) is 0 Å². The standard InChI is InChI=1S/C17H23ClN2/c1-17(7-3-2-4-8-17)12-19-10-13-11-20-16-9-14(18)5-6-15(13)16/h5-6,9,11,19-20H,2-4,7-8,10,12H2,1H3. The molecule has 108 valence electrons. The lowest BCUT2D eigenvalue weighted by Gasteiger charge is -2.33. The maximum absolute atomic E-state index is 6.02. The van der Waals surface area contributed by atoms with Crippen LogP contribution in [0.2, 0.25) is 5.02 Å². The molecule has 1 aliphatic carbocycles. The Bertz CT molecular complexity index is 582. The van der Waals surface area contributed by atoms with Crippen molar-refractivity contribution in [3.8, 4) is 0 Å². The van der Waals surface area contributed by atoms with E-state index in [0.717, 1.165) is 23.6 Å². The molecule has 0 aliphatic heterocycles. The van der Waals surface area contributed by atoms with Gasteiger partial charge in [-0.3, -0.25) is 0 Å². The highest BCUT2D eigenvalue weighted by atomic mass is 35.5. The number of rotatable bonds is 4. The molecule has 20 heavy (non-hydrogen) atoms. The topological polar surface area (TPSA) is 27.8 Å². The molecule has 0 saturated heterocycles. The Hall–Kier alpha value is -0.990. The van der Waals surface area contributed by atoms with Gasteiger partial charge in [0.25, 0.3) is 0 Å². The molecule has 0 spiro atoms. The number of aromatic nitrogens is 1. The number of aromatic amines is 1. The van der Waals surface area contributed by atoms with Crippen molar-refractivity contribution in [2.45, 2.75) is 45.6 Å². The first-order chi connectivity index (χ1) is 9.66. The average molecular weight is 291 g/mol. The van der Waals surface area contributed by atoms with E-state index in [1.54, 1.807) is 0 Å². The summed E-state index contributed by atoms with van der Waals surface area (Å²) in [6.45, 7) is 4.47. The highest BCUT2D eigenvalue weighted by molar-refractivity contribution is 6.31. The van der Waals surface area contributed by atoms with Gasteiger partial charge in [-0.2, -0.15) is 0 Å². The molecule has 0 atom stereocenters. The van der Waals surface area contributed by atoms with Crippen molar-refractivity contribution in [3.05, 3.63) is 35.0 Å². The van der Waals surface area contributed by atoms with Crippen LogP contribution in [-0.2, 0) is 6.54 Å². The van der Waals surface area contributed by atoms with Crippen LogP contribution in [-0.4, -0.2) is 11.5 Å². The van der Waals surface area contributed by atoms with Gasteiger partial charge in [-0.05, 0) is 36.0 Å². The van der Waals surface area contributed by atoms with Crippen molar-refractivity contribution in [3.63, 3.8) is 0 Å². The van der Waals surface area contributed by atoms with Crippen molar-refractivity contribution < 1.29 is 0 Å². The van der Waals surface area contributed by atoms with E-state index in [4.69, 9.17) is 11.6 Å². The molecule has 1 aliphatic rings. The normalized spacial score (nSPS) is 18.5. The second-order valence-electron chi connectivity index (χ2n) is 6.48. The van der Waals surface area contributed by atoms with E-state index in [1.165, 1.54) is 43.1 Å². The summed E-state index contributed by atoms with van der Waals surface area (Å²) in [4.78, 5) is 3.30. The predicted octanol–water partition coefficient (Wildman–Crippen LogP) is 4.88. The molecule has 2 N–H and O–H groups in total. The van der Waals surface area contributed by atoms with Gasteiger partial charge in [0, 0.05) is 35.2 Å². The summed E-state index contributed by atoms with van der Waals surface area (Å²) in [6.07, 6.45) is 9.02. The van der Waals surface area contributed by atoms with E-state index in [1.807, 2.05) is 12.1 Å². The van der Waals surface area contributed by atoms with Gasteiger partial charge in [0.2, 0.25) is 0 Å². The monoisotopic (exact) mass is 290 g/mol. The minimum atomic E-state index is 0.494. The number of H-pyrrole nitrogens is 1. The molecule has 2 aromatic rings. The van der Waals surface area contributed by atoms with Crippen LogP contribution in [0.4, 0.5) is 0 Å². The smallest absolute Gasteiger partial charge is 0.0472 e. The van der Waals surface area contributed by atoms with Crippen LogP contribution >= 0.6 is 11.6 Å². The Morgan fingerprint density at radius 2 is 2.05 bits per heavy atom.